The van der Waals surface area contributed by atoms with Crippen molar-refractivity contribution < 1.29 is 28.3 Å². The largest absolute Gasteiger partial charge is 0.475 e. The van der Waals surface area contributed by atoms with E-state index in [1.165, 1.54) is 24.6 Å². The Labute approximate surface area is 208 Å². The molecule has 192 valence electrons. The number of ether oxygens (including phenoxy) is 3. The molecule has 2 heterocycles. The number of rotatable bonds is 13. The van der Waals surface area contributed by atoms with Crippen LogP contribution in [0.1, 0.15) is 91.7 Å². The maximum atomic E-state index is 12.4. The molecular weight excluding hydrogens is 454 g/mol. The minimum absolute atomic E-state index is 0.193. The van der Waals surface area contributed by atoms with Gasteiger partial charge in [-0.3, -0.25) is 14.1 Å². The average Bonchev–Trinajstić information content (AvgIpc) is 3.21. The Hall–Kier alpha value is -2.00. The van der Waals surface area contributed by atoms with Crippen molar-refractivity contribution in [1.82, 2.24) is 8.75 Å². The quantitative estimate of drug-likeness (QED) is 0.212. The van der Waals surface area contributed by atoms with Crippen LogP contribution in [0, 0.1) is 0 Å². The molecule has 0 amide bonds. The monoisotopic (exact) mass is 496 g/mol. The van der Waals surface area contributed by atoms with Gasteiger partial charge in [-0.25, -0.2) is 0 Å². The number of carbonyl (C=O) groups is 2. The number of hydrogen-bond acceptors (Lipinski definition) is 8. The molecule has 0 bridgehead atoms. The lowest BCUT2D eigenvalue weighted by Crippen LogP contribution is -2.55. The van der Waals surface area contributed by atoms with Crippen molar-refractivity contribution in [1.29, 1.82) is 0 Å². The zero-order chi connectivity index (χ0) is 25.2. The molecule has 9 heteroatoms. The van der Waals surface area contributed by atoms with Crippen molar-refractivity contribution >= 4 is 29.2 Å². The third kappa shape index (κ3) is 9.33. The van der Waals surface area contributed by atoms with Gasteiger partial charge in [-0.1, -0.05) is 32.3 Å². The summed E-state index contributed by atoms with van der Waals surface area (Å²) in [4.78, 5) is 24.3. The number of likely N-dealkylation sites (N-methyl/N-ethyl adjacent to an activating group) is 1. The summed E-state index contributed by atoms with van der Waals surface area (Å²) in [5, 5.41) is 0. The first kappa shape index (κ1) is 28.2. The van der Waals surface area contributed by atoms with Gasteiger partial charge in [0.05, 0.1) is 31.9 Å². The minimum Gasteiger partial charge on any atom is -0.475 e. The molecule has 2 atom stereocenters. The van der Waals surface area contributed by atoms with E-state index < -0.39 is 5.60 Å². The van der Waals surface area contributed by atoms with Gasteiger partial charge in [0.15, 0.2) is 0 Å². The molecule has 0 spiro atoms. The van der Waals surface area contributed by atoms with Crippen molar-refractivity contribution in [3.05, 3.63) is 11.8 Å². The van der Waals surface area contributed by atoms with E-state index in [-0.39, 0.29) is 31.0 Å². The van der Waals surface area contributed by atoms with Crippen LogP contribution < -0.4 is 4.74 Å². The molecule has 34 heavy (non-hydrogen) atoms. The van der Waals surface area contributed by atoms with E-state index in [4.69, 9.17) is 14.2 Å². The molecule has 8 nitrogen and oxygen atoms in total. The number of quaternary nitrogens is 1. The summed E-state index contributed by atoms with van der Waals surface area (Å²) in [6.07, 6.45) is 8.12. The zero-order valence-corrected chi connectivity index (χ0v) is 22.5. The normalized spacial score (nSPS) is 19.3. The van der Waals surface area contributed by atoms with Crippen molar-refractivity contribution in [2.45, 2.75) is 97.8 Å². The van der Waals surface area contributed by atoms with Gasteiger partial charge in [0.25, 0.3) is 5.88 Å². The summed E-state index contributed by atoms with van der Waals surface area (Å²) < 4.78 is 26.4. The molecule has 0 N–H and O–H groups in total. The summed E-state index contributed by atoms with van der Waals surface area (Å²) in [5.74, 6) is 0.0179. The second-order valence-corrected chi connectivity index (χ2v) is 10.8. The van der Waals surface area contributed by atoms with Crippen LogP contribution in [0.15, 0.2) is 6.08 Å². The number of carbonyl (C=O) groups excluding carboxylic acids is 2. The van der Waals surface area contributed by atoms with Gasteiger partial charge >= 0.3 is 11.9 Å². The highest BCUT2D eigenvalue weighted by Crippen LogP contribution is 2.31. The summed E-state index contributed by atoms with van der Waals surface area (Å²) in [7, 11) is 2.09. The molecule has 0 radical (unpaired) electrons. The van der Waals surface area contributed by atoms with E-state index in [2.05, 4.69) is 28.8 Å². The summed E-state index contributed by atoms with van der Waals surface area (Å²) in [6.45, 7) is 11.8. The third-order valence-electron chi connectivity index (χ3n) is 5.92. The molecule has 2 rings (SSSR count). The van der Waals surface area contributed by atoms with E-state index in [0.29, 0.717) is 29.9 Å². The van der Waals surface area contributed by atoms with Gasteiger partial charge in [0.1, 0.15) is 17.8 Å². The summed E-state index contributed by atoms with van der Waals surface area (Å²) in [5.41, 5.74) is 1.37. The molecule has 1 aliphatic heterocycles. The Balaban J connectivity index is 1.86. The molecule has 1 aromatic rings. The van der Waals surface area contributed by atoms with Gasteiger partial charge in [-0.05, 0) is 33.6 Å². The Morgan fingerprint density at radius 3 is 2.56 bits per heavy atom. The lowest BCUT2D eigenvalue weighted by molar-refractivity contribution is -0.944. The molecule has 0 saturated carbocycles. The molecule has 1 aliphatic rings. The molecule has 1 unspecified atom stereocenters. The van der Waals surface area contributed by atoms with Crippen LogP contribution in [-0.4, -0.2) is 63.7 Å². The van der Waals surface area contributed by atoms with E-state index in [1.54, 1.807) is 0 Å². The second kappa shape index (κ2) is 13.2. The highest BCUT2D eigenvalue weighted by Gasteiger charge is 2.36. The predicted octanol–water partition coefficient (Wildman–Crippen LogP) is 5.13. The van der Waals surface area contributed by atoms with Crippen LogP contribution in [0.4, 0.5) is 0 Å². The Morgan fingerprint density at radius 2 is 1.85 bits per heavy atom. The SMILES string of the molecule is CCCCCCOc1nsnc1C1=CCC[N+](C)([C@H](C)OC(=O)CCCC(=O)OC(C)(C)C)C1. The minimum atomic E-state index is -0.517. The smallest absolute Gasteiger partial charge is 0.310 e. The fourth-order valence-electron chi connectivity index (χ4n) is 3.86. The lowest BCUT2D eigenvalue weighted by atomic mass is 10.0. The van der Waals surface area contributed by atoms with E-state index in [0.717, 1.165) is 37.1 Å². The fourth-order valence-corrected chi connectivity index (χ4v) is 4.39. The van der Waals surface area contributed by atoms with E-state index >= 15 is 0 Å². The number of esters is 2. The zero-order valence-electron chi connectivity index (χ0n) is 21.7. The van der Waals surface area contributed by atoms with Crippen LogP contribution in [0.5, 0.6) is 5.88 Å². The Kier molecular flexibility index (Phi) is 11.0. The van der Waals surface area contributed by atoms with E-state index in [9.17, 15) is 9.59 Å². The van der Waals surface area contributed by atoms with Crippen molar-refractivity contribution in [3.8, 4) is 5.88 Å². The standard InChI is InChI=1S/C25H42N3O5S/c1-7-8-9-10-17-31-24-23(26-34-27-24)20-13-12-16-28(6,18-20)19(2)32-21(29)14-11-15-22(30)33-25(3,4)5/h13,19H,7-12,14-18H2,1-6H3/q+1/t19-,28?/m0/s1. The van der Waals surface area contributed by atoms with Gasteiger partial charge in [0.2, 0.25) is 6.23 Å². The van der Waals surface area contributed by atoms with Crippen molar-refractivity contribution in [2.24, 2.45) is 0 Å². The predicted molar refractivity (Wildman–Crippen MR) is 133 cm³/mol. The number of unbranched alkanes of at least 4 members (excludes halogenated alkanes) is 3. The summed E-state index contributed by atoms with van der Waals surface area (Å²) in [6, 6.07) is 0. The molecule has 0 fully saturated rings. The first-order valence-corrected chi connectivity index (χ1v) is 13.2. The molecule has 0 aromatic carbocycles. The van der Waals surface area contributed by atoms with Crippen molar-refractivity contribution in [3.63, 3.8) is 0 Å². The van der Waals surface area contributed by atoms with Crippen molar-refractivity contribution in [2.75, 3.05) is 26.7 Å². The van der Waals surface area contributed by atoms with Crippen LogP contribution in [0.25, 0.3) is 5.57 Å². The van der Waals surface area contributed by atoms with Gasteiger partial charge in [-0.15, -0.1) is 4.37 Å². The Morgan fingerprint density at radius 1 is 1.12 bits per heavy atom. The first-order valence-electron chi connectivity index (χ1n) is 12.4. The number of hydrogen-bond donors (Lipinski definition) is 0. The van der Waals surface area contributed by atoms with Crippen LogP contribution in [0.3, 0.4) is 0 Å². The number of aromatic nitrogens is 2. The molecule has 0 saturated heterocycles. The lowest BCUT2D eigenvalue weighted by Gasteiger charge is -2.41. The first-order chi connectivity index (χ1) is 16.0. The van der Waals surface area contributed by atoms with Gasteiger partial charge in [-0.2, -0.15) is 4.37 Å². The maximum absolute atomic E-state index is 12.4. The van der Waals surface area contributed by atoms with Crippen LogP contribution >= 0.6 is 11.7 Å². The molecular formula is C25H42N3O5S+. The Bertz CT molecular complexity index is 833. The van der Waals surface area contributed by atoms with Crippen LogP contribution in [0.2, 0.25) is 0 Å². The van der Waals surface area contributed by atoms with E-state index in [1.807, 2.05) is 27.7 Å². The number of nitrogens with zero attached hydrogens (tertiary/aromatic N) is 3. The highest BCUT2D eigenvalue weighted by atomic mass is 32.1. The molecule has 0 aliphatic carbocycles. The second-order valence-electron chi connectivity index (χ2n) is 10.2. The third-order valence-corrected chi connectivity index (χ3v) is 6.43. The molecule has 1 aromatic heterocycles. The maximum Gasteiger partial charge on any atom is 0.310 e. The average molecular weight is 497 g/mol. The summed E-state index contributed by atoms with van der Waals surface area (Å²) >= 11 is 1.17. The van der Waals surface area contributed by atoms with Crippen LogP contribution in [-0.2, 0) is 19.1 Å². The highest BCUT2D eigenvalue weighted by molar-refractivity contribution is 6.99. The van der Waals surface area contributed by atoms with Gasteiger partial charge < -0.3 is 14.2 Å². The fraction of sp³-hybridized carbons (Fsp3) is 0.760. The topological polar surface area (TPSA) is 87.6 Å². The van der Waals surface area contributed by atoms with Gasteiger partial charge in [0, 0.05) is 31.8 Å².